The van der Waals surface area contributed by atoms with Gasteiger partial charge in [0.2, 0.25) is 0 Å². The highest BCUT2D eigenvalue weighted by molar-refractivity contribution is 6.11. The summed E-state index contributed by atoms with van der Waals surface area (Å²) < 4.78 is 13.3. The van der Waals surface area contributed by atoms with Crippen LogP contribution in [0.3, 0.4) is 0 Å². The fourth-order valence-electron chi connectivity index (χ4n) is 2.45. The van der Waals surface area contributed by atoms with Gasteiger partial charge in [-0.1, -0.05) is 31.2 Å². The second-order valence-electron chi connectivity index (χ2n) is 4.75. The molecule has 0 saturated carbocycles. The van der Waals surface area contributed by atoms with Crippen molar-refractivity contribution in [3.63, 3.8) is 0 Å². The Morgan fingerprint density at radius 3 is 2.26 bits per heavy atom. The quantitative estimate of drug-likeness (QED) is 0.751. The molecule has 0 atom stereocenters. The molecule has 0 aromatic heterocycles. The van der Waals surface area contributed by atoms with E-state index in [1.807, 2.05) is 31.2 Å². The summed E-state index contributed by atoms with van der Waals surface area (Å²) in [5.41, 5.74) is 3.72. The zero-order valence-electron chi connectivity index (χ0n) is 11.5. The first-order chi connectivity index (χ1) is 9.04. The van der Waals surface area contributed by atoms with Gasteiger partial charge in [0.25, 0.3) is 0 Å². The monoisotopic (exact) mass is 256 g/mol. The number of aryl methyl sites for hydroxylation is 3. The van der Waals surface area contributed by atoms with Crippen LogP contribution >= 0.6 is 0 Å². The zero-order valence-corrected chi connectivity index (χ0v) is 11.5. The third-order valence-electron chi connectivity index (χ3n) is 3.37. The minimum Gasteiger partial charge on any atom is -0.289 e. The fourth-order valence-corrected chi connectivity index (χ4v) is 2.45. The number of hydrogen-bond acceptors (Lipinski definition) is 1. The standard InChI is InChI=1S/C17H17FO/c1-4-13-7-5-6-8-15(13)17(19)16-11(2)9-14(18)10-12(16)3/h5-10H,4H2,1-3H3. The van der Waals surface area contributed by atoms with Crippen molar-refractivity contribution in [1.82, 2.24) is 0 Å². The number of hydrogen-bond donors (Lipinski definition) is 0. The van der Waals surface area contributed by atoms with Gasteiger partial charge in [-0.2, -0.15) is 0 Å². The van der Waals surface area contributed by atoms with E-state index >= 15 is 0 Å². The predicted molar refractivity (Wildman–Crippen MR) is 75.1 cm³/mol. The number of benzene rings is 2. The summed E-state index contributed by atoms with van der Waals surface area (Å²) >= 11 is 0. The van der Waals surface area contributed by atoms with Crippen molar-refractivity contribution < 1.29 is 9.18 Å². The average Bonchev–Trinajstić information content (AvgIpc) is 2.37. The first-order valence-electron chi connectivity index (χ1n) is 6.44. The van der Waals surface area contributed by atoms with Crippen LogP contribution < -0.4 is 0 Å². The molecule has 0 aliphatic heterocycles. The van der Waals surface area contributed by atoms with E-state index < -0.39 is 0 Å². The minimum atomic E-state index is -0.296. The van der Waals surface area contributed by atoms with Gasteiger partial charge in [-0.15, -0.1) is 0 Å². The Morgan fingerprint density at radius 1 is 1.11 bits per heavy atom. The van der Waals surface area contributed by atoms with Gasteiger partial charge in [0.1, 0.15) is 5.82 Å². The lowest BCUT2D eigenvalue weighted by Crippen LogP contribution is -2.09. The number of rotatable bonds is 3. The Kier molecular flexibility index (Phi) is 3.79. The molecule has 0 aliphatic rings. The van der Waals surface area contributed by atoms with Crippen LogP contribution in [0.4, 0.5) is 4.39 Å². The van der Waals surface area contributed by atoms with Crippen molar-refractivity contribution in [2.75, 3.05) is 0 Å². The molecular weight excluding hydrogens is 239 g/mol. The first-order valence-corrected chi connectivity index (χ1v) is 6.44. The molecule has 0 bridgehead atoms. The molecule has 98 valence electrons. The first kappa shape index (κ1) is 13.5. The lowest BCUT2D eigenvalue weighted by Gasteiger charge is -2.11. The Morgan fingerprint density at radius 2 is 1.68 bits per heavy atom. The maximum Gasteiger partial charge on any atom is 0.193 e. The van der Waals surface area contributed by atoms with E-state index in [4.69, 9.17) is 0 Å². The predicted octanol–water partition coefficient (Wildman–Crippen LogP) is 4.24. The molecular formula is C17H17FO. The number of carbonyl (C=O) groups excluding carboxylic acids is 1. The molecule has 2 heteroatoms. The van der Waals surface area contributed by atoms with E-state index in [1.165, 1.54) is 12.1 Å². The molecule has 2 aromatic carbocycles. The Hall–Kier alpha value is -1.96. The molecule has 0 spiro atoms. The lowest BCUT2D eigenvalue weighted by molar-refractivity contribution is 0.103. The van der Waals surface area contributed by atoms with Crippen molar-refractivity contribution >= 4 is 5.78 Å². The van der Waals surface area contributed by atoms with E-state index in [-0.39, 0.29) is 11.6 Å². The molecule has 0 unspecified atom stereocenters. The summed E-state index contributed by atoms with van der Waals surface area (Å²) in [6.45, 7) is 5.58. The molecule has 19 heavy (non-hydrogen) atoms. The van der Waals surface area contributed by atoms with Gasteiger partial charge in [-0.3, -0.25) is 4.79 Å². The van der Waals surface area contributed by atoms with Crippen molar-refractivity contribution in [1.29, 1.82) is 0 Å². The van der Waals surface area contributed by atoms with Gasteiger partial charge in [0, 0.05) is 11.1 Å². The smallest absolute Gasteiger partial charge is 0.193 e. The van der Waals surface area contributed by atoms with Gasteiger partial charge in [-0.05, 0) is 49.1 Å². The van der Waals surface area contributed by atoms with E-state index in [9.17, 15) is 9.18 Å². The molecule has 0 N–H and O–H groups in total. The van der Waals surface area contributed by atoms with Crippen LogP contribution in [-0.2, 0) is 6.42 Å². The van der Waals surface area contributed by atoms with Gasteiger partial charge < -0.3 is 0 Å². The van der Waals surface area contributed by atoms with Gasteiger partial charge in [0.15, 0.2) is 5.78 Å². The van der Waals surface area contributed by atoms with Gasteiger partial charge >= 0.3 is 0 Å². The van der Waals surface area contributed by atoms with E-state index in [2.05, 4.69) is 0 Å². The molecule has 0 heterocycles. The molecule has 2 aromatic rings. The van der Waals surface area contributed by atoms with Crippen molar-refractivity contribution in [2.45, 2.75) is 27.2 Å². The Labute approximate surface area is 113 Å². The summed E-state index contributed by atoms with van der Waals surface area (Å²) in [4.78, 5) is 12.7. The molecule has 2 rings (SSSR count). The van der Waals surface area contributed by atoms with Crippen LogP contribution in [0.5, 0.6) is 0 Å². The van der Waals surface area contributed by atoms with Crippen LogP contribution in [0.1, 0.15) is 39.5 Å². The van der Waals surface area contributed by atoms with Crippen molar-refractivity contribution in [3.8, 4) is 0 Å². The van der Waals surface area contributed by atoms with Crippen LogP contribution in [0.15, 0.2) is 36.4 Å². The second-order valence-corrected chi connectivity index (χ2v) is 4.75. The van der Waals surface area contributed by atoms with Crippen molar-refractivity contribution in [3.05, 3.63) is 70.0 Å². The largest absolute Gasteiger partial charge is 0.289 e. The second kappa shape index (κ2) is 5.35. The topological polar surface area (TPSA) is 17.1 Å². The van der Waals surface area contributed by atoms with Gasteiger partial charge in [-0.25, -0.2) is 4.39 Å². The highest BCUT2D eigenvalue weighted by Crippen LogP contribution is 2.22. The summed E-state index contributed by atoms with van der Waals surface area (Å²) in [5, 5.41) is 0. The SMILES string of the molecule is CCc1ccccc1C(=O)c1c(C)cc(F)cc1C. The summed E-state index contributed by atoms with van der Waals surface area (Å²) in [5.74, 6) is -0.317. The Bertz CT molecular complexity index is 606. The van der Waals surface area contributed by atoms with E-state index in [0.29, 0.717) is 22.3 Å². The summed E-state index contributed by atoms with van der Waals surface area (Å²) in [6.07, 6.45) is 0.807. The lowest BCUT2D eigenvalue weighted by atomic mass is 9.91. The fraction of sp³-hybridized carbons (Fsp3) is 0.235. The minimum absolute atomic E-state index is 0.0209. The highest BCUT2D eigenvalue weighted by atomic mass is 19.1. The molecule has 1 nitrogen and oxygen atoms in total. The van der Waals surface area contributed by atoms with Crippen LogP contribution in [0.2, 0.25) is 0 Å². The van der Waals surface area contributed by atoms with Gasteiger partial charge in [0.05, 0.1) is 0 Å². The van der Waals surface area contributed by atoms with E-state index in [0.717, 1.165) is 12.0 Å². The Balaban J connectivity index is 2.57. The van der Waals surface area contributed by atoms with Crippen LogP contribution in [0.25, 0.3) is 0 Å². The number of carbonyl (C=O) groups is 1. The maximum atomic E-state index is 13.3. The highest BCUT2D eigenvalue weighted by Gasteiger charge is 2.17. The zero-order chi connectivity index (χ0) is 14.0. The van der Waals surface area contributed by atoms with Crippen LogP contribution in [0, 0.1) is 19.7 Å². The summed E-state index contributed by atoms with van der Waals surface area (Å²) in [6, 6.07) is 10.4. The average molecular weight is 256 g/mol. The van der Waals surface area contributed by atoms with Crippen LogP contribution in [-0.4, -0.2) is 5.78 Å². The number of halogens is 1. The maximum absolute atomic E-state index is 13.3. The third-order valence-corrected chi connectivity index (χ3v) is 3.37. The van der Waals surface area contributed by atoms with E-state index in [1.54, 1.807) is 13.8 Å². The van der Waals surface area contributed by atoms with Crippen molar-refractivity contribution in [2.24, 2.45) is 0 Å². The number of ketones is 1. The molecule has 0 saturated heterocycles. The molecule has 0 aliphatic carbocycles. The molecule has 0 amide bonds. The molecule has 0 fully saturated rings. The summed E-state index contributed by atoms with van der Waals surface area (Å²) in [7, 11) is 0. The molecule has 0 radical (unpaired) electrons. The normalized spacial score (nSPS) is 10.5. The third kappa shape index (κ3) is 2.58.